The summed E-state index contributed by atoms with van der Waals surface area (Å²) >= 11 is 4.64. The highest BCUT2D eigenvalue weighted by molar-refractivity contribution is 7.16. The number of aliphatic hydroxyl groups is 4. The third kappa shape index (κ3) is 28.8. The minimum Gasteiger partial charge on any atom is -0.477 e. The fraction of sp³-hybridized carbons (Fsp3) is 0.680. The maximum atomic E-state index is 13.8. The minimum absolute atomic E-state index is 0.0481. The molecule has 4 heterocycles. The standard InChI is InChI=1S/C26H37NO4S.2C25H35NO4S.C24H33NO4S/c1-4-5-17(2)8-15-22-16-23(24(32-22)26(30)31)27(20-11-13-21(28)14-12-20)25(29)19-9-6-18(3)7-10-19;1-16(2)5-4-6-21-15-22(23(31-21)25(29)30)26(19-11-13-20(27)14-12-19)24(28)18-9-7-17(3)8-10-18;1-4-16(2)7-14-21-15-22(23(31-21)25(29)30)26(19-10-12-20(27)13-11-19)24(28)18-8-5-17(3)6-9-18;1-15(2)4-13-20-14-21(22(30-20)24(28)29)25(18-9-11-19(26)12-10-18)23(27)17-7-5-16(3)6-8-17/h16-21,28H,4-7,9-14H2,1-3H3,(H,30,31);15-20,27H,5,7-14H2,1-3H3,(H,29,30);15-20,27H,4-6,8-13H2,1-3H3,(H,29,30);14-19,26H,5-12H2,1-3H3,(H,28,29). The molecule has 0 saturated heterocycles. The number of carbonyl (C=O) groups is 8. The van der Waals surface area contributed by atoms with Gasteiger partial charge in [-0.2, -0.15) is 0 Å². The van der Waals surface area contributed by atoms with Gasteiger partial charge in [0.15, 0.2) is 0 Å². The third-order valence-electron chi connectivity index (χ3n) is 26.6. The fourth-order valence-corrected chi connectivity index (χ4v) is 22.1. The number of thiophene rings is 4. The van der Waals surface area contributed by atoms with Crippen molar-refractivity contribution >= 4 is 116 Å². The zero-order valence-corrected chi connectivity index (χ0v) is 78.8. The van der Waals surface area contributed by atoms with Crippen LogP contribution in [0.1, 0.15) is 372 Å². The van der Waals surface area contributed by atoms with Gasteiger partial charge in [0.05, 0.1) is 66.7 Å². The maximum Gasteiger partial charge on any atom is 0.348 e. The number of anilines is 4. The zero-order chi connectivity index (χ0) is 90.2. The van der Waals surface area contributed by atoms with Crippen LogP contribution in [-0.2, 0) is 19.2 Å². The Bertz CT molecular complexity index is 4460. The maximum absolute atomic E-state index is 13.8. The van der Waals surface area contributed by atoms with E-state index in [0.717, 1.165) is 162 Å². The molecule has 8 saturated carbocycles. The van der Waals surface area contributed by atoms with Gasteiger partial charge in [-0.05, 0) is 272 Å². The van der Waals surface area contributed by atoms with E-state index in [4.69, 9.17) is 0 Å². The number of hydrogen-bond donors (Lipinski definition) is 8. The molecule has 4 aromatic heterocycles. The van der Waals surface area contributed by atoms with E-state index in [9.17, 15) is 79.2 Å². The molecule has 0 spiro atoms. The largest absolute Gasteiger partial charge is 0.477 e. The van der Waals surface area contributed by atoms with Crippen molar-refractivity contribution in [3.8, 4) is 47.4 Å². The molecule has 8 aliphatic rings. The number of carboxylic acid groups (broad SMARTS) is 4. The van der Waals surface area contributed by atoms with E-state index in [-0.39, 0.29) is 133 Å². The molecule has 2 atom stereocenters. The van der Waals surface area contributed by atoms with E-state index in [1.54, 1.807) is 37.8 Å². The van der Waals surface area contributed by atoms with Crippen molar-refractivity contribution in [2.24, 2.45) is 71.0 Å². The first-order valence-electron chi connectivity index (χ1n) is 46.7. The SMILES string of the molecule is CC(C)C#Cc1cc(N(C(=O)C2CCC(C)CC2)C2CCC(O)CC2)c(C(=O)O)s1.CC(C)CC#Cc1cc(N(C(=O)C2CCC(C)CC2)C2CCC(O)CC2)c(C(=O)O)s1.CCC(C)C#Cc1cc(N(C(=O)C2CCC(C)CC2)C2CCC(O)CC2)c(C(=O)O)s1.CCCC(C)C#Cc1cc(N(C(=O)C2CCC(C)CC2)C2CCC(O)CC2)c(C(=O)O)s1. The number of aliphatic hydroxyl groups excluding tert-OH is 4. The predicted molar refractivity (Wildman–Crippen MR) is 498 cm³/mol. The summed E-state index contributed by atoms with van der Waals surface area (Å²) in [6.07, 6.45) is 28.3. The van der Waals surface area contributed by atoms with Gasteiger partial charge >= 0.3 is 23.9 Å². The molecule has 8 fully saturated rings. The van der Waals surface area contributed by atoms with Crippen LogP contribution in [0.25, 0.3) is 0 Å². The van der Waals surface area contributed by atoms with Gasteiger partial charge in [-0.3, -0.25) is 19.2 Å². The molecule has 0 aliphatic heterocycles. The lowest BCUT2D eigenvalue weighted by Crippen LogP contribution is -2.47. The van der Waals surface area contributed by atoms with Crippen molar-refractivity contribution in [1.29, 1.82) is 0 Å². The summed E-state index contributed by atoms with van der Waals surface area (Å²) in [5.41, 5.74) is 1.98. The molecule has 4 amide bonds. The molecule has 4 aromatic rings. The Kier molecular flexibility index (Phi) is 39.4. The number of hydrogen-bond acceptors (Lipinski definition) is 16. The second-order valence-corrected chi connectivity index (χ2v) is 42.1. The molecular weight excluding hydrogens is 1640 g/mol. The fourth-order valence-electron chi connectivity index (χ4n) is 18.7. The number of nitrogens with zero attached hydrogens (tertiary/aromatic N) is 4. The predicted octanol–water partition coefficient (Wildman–Crippen LogP) is 21.2. The molecule has 24 heteroatoms. The lowest BCUT2D eigenvalue weighted by atomic mass is 9.81. The van der Waals surface area contributed by atoms with E-state index in [0.29, 0.717) is 175 Å². The first-order valence-corrected chi connectivity index (χ1v) is 49.9. The second kappa shape index (κ2) is 48.7. The molecule has 12 rings (SSSR count). The van der Waals surface area contributed by atoms with Crippen molar-refractivity contribution in [3.05, 3.63) is 63.3 Å². The van der Waals surface area contributed by atoms with Gasteiger partial charge in [-0.25, -0.2) is 19.2 Å². The highest BCUT2D eigenvalue weighted by Gasteiger charge is 2.43. The highest BCUT2D eigenvalue weighted by Crippen LogP contribution is 2.45. The smallest absolute Gasteiger partial charge is 0.348 e. The Morgan fingerprint density at radius 2 is 0.573 bits per heavy atom. The van der Waals surface area contributed by atoms with Crippen molar-refractivity contribution in [3.63, 3.8) is 0 Å². The van der Waals surface area contributed by atoms with E-state index in [1.807, 2.05) is 26.8 Å². The molecule has 20 nitrogen and oxygen atoms in total. The molecule has 0 aromatic carbocycles. The quantitative estimate of drug-likeness (QED) is 0.0381. The van der Waals surface area contributed by atoms with Crippen molar-refractivity contribution < 1.29 is 79.2 Å². The summed E-state index contributed by atoms with van der Waals surface area (Å²) in [5.74, 6) is 24.7. The average molecular weight is 1780 g/mol. The molecule has 0 bridgehead atoms. The molecule has 2 unspecified atom stereocenters. The summed E-state index contributed by atoms with van der Waals surface area (Å²) in [5, 5.41) is 79.5. The first kappa shape index (κ1) is 100. The van der Waals surface area contributed by atoms with Gasteiger partial charge < -0.3 is 60.5 Å². The van der Waals surface area contributed by atoms with Gasteiger partial charge in [0.2, 0.25) is 23.6 Å². The van der Waals surface area contributed by atoms with Crippen LogP contribution in [-0.4, -0.2) is 137 Å². The summed E-state index contributed by atoms with van der Waals surface area (Å²) < 4.78 is 0. The van der Waals surface area contributed by atoms with Crippen LogP contribution in [0.3, 0.4) is 0 Å². The Morgan fingerprint density at radius 1 is 0.339 bits per heavy atom. The van der Waals surface area contributed by atoms with E-state index < -0.39 is 23.9 Å². The molecular formula is C100H140N4O16S4. The number of rotatable bonds is 20. The lowest BCUT2D eigenvalue weighted by molar-refractivity contribution is -0.125. The van der Waals surface area contributed by atoms with E-state index in [2.05, 4.69) is 110 Å². The van der Waals surface area contributed by atoms with E-state index >= 15 is 0 Å². The van der Waals surface area contributed by atoms with E-state index in [1.165, 1.54) is 11.3 Å². The summed E-state index contributed by atoms with van der Waals surface area (Å²) in [4.78, 5) is 114. The zero-order valence-electron chi connectivity index (χ0n) is 75.6. The van der Waals surface area contributed by atoms with Gasteiger partial charge in [-0.1, -0.05) is 137 Å². The van der Waals surface area contributed by atoms with Gasteiger partial charge in [0, 0.05) is 72.0 Å². The number of amides is 4. The highest BCUT2D eigenvalue weighted by atomic mass is 32.1. The molecule has 680 valence electrons. The van der Waals surface area contributed by atoms with Gasteiger partial charge in [0.25, 0.3) is 0 Å². The van der Waals surface area contributed by atoms with Crippen LogP contribution >= 0.6 is 45.3 Å². The molecule has 0 radical (unpaired) electrons. The summed E-state index contributed by atoms with van der Waals surface area (Å²) in [7, 11) is 0. The Labute approximate surface area is 753 Å². The average Bonchev–Trinajstić information content (AvgIpc) is 1.62. The summed E-state index contributed by atoms with van der Waals surface area (Å²) in [6, 6.07) is 6.93. The van der Waals surface area contributed by atoms with Crippen LogP contribution in [0.15, 0.2) is 24.3 Å². The van der Waals surface area contributed by atoms with Crippen molar-refractivity contribution in [1.82, 2.24) is 0 Å². The van der Waals surface area contributed by atoms with Crippen LogP contribution < -0.4 is 19.6 Å². The normalized spacial score (nSPS) is 26.7. The second-order valence-electron chi connectivity index (χ2n) is 37.9. The third-order valence-corrected chi connectivity index (χ3v) is 30.7. The Morgan fingerprint density at radius 3 is 0.790 bits per heavy atom. The molecule has 8 N–H and O–H groups in total. The number of carbonyl (C=O) groups excluding carboxylic acids is 4. The number of aromatic carboxylic acids is 4. The van der Waals surface area contributed by atoms with Crippen molar-refractivity contribution in [2.45, 2.75) is 363 Å². The Balaban J connectivity index is 0.000000187. The summed E-state index contributed by atoms with van der Waals surface area (Å²) in [6.45, 7) is 25.4. The van der Waals surface area contributed by atoms with Crippen LogP contribution in [0.2, 0.25) is 0 Å². The van der Waals surface area contributed by atoms with Crippen molar-refractivity contribution in [2.75, 3.05) is 19.6 Å². The Hall–Kier alpha value is -7.36. The minimum atomic E-state index is -1.02. The number of carboxylic acids is 4. The van der Waals surface area contributed by atoms with Crippen LogP contribution in [0.5, 0.6) is 0 Å². The van der Waals surface area contributed by atoms with Crippen LogP contribution in [0.4, 0.5) is 22.7 Å². The van der Waals surface area contributed by atoms with Gasteiger partial charge in [-0.15, -0.1) is 45.3 Å². The monoisotopic (exact) mass is 1780 g/mol. The topological polar surface area (TPSA) is 311 Å². The lowest BCUT2D eigenvalue weighted by Gasteiger charge is -2.38. The molecule has 8 aliphatic carbocycles. The van der Waals surface area contributed by atoms with Gasteiger partial charge in [0.1, 0.15) is 19.5 Å². The van der Waals surface area contributed by atoms with Crippen LogP contribution in [0, 0.1) is 118 Å². The molecule has 124 heavy (non-hydrogen) atoms. The first-order chi connectivity index (χ1) is 59.1.